The average molecular weight is 379 g/mol. The third-order valence-corrected chi connectivity index (χ3v) is 5.66. The standard InChI is InChI=1S/C15H11F2N5OS2/c1-22-11-6-19-20-14(23)12(11)25-15(21-22)24-7-9-3-2-8(13(16)17)4-10(9)5-18/h2-4,6,13H,7H2,1H3,(H,20,23). The molecule has 0 radical (unpaired) electrons. The van der Waals surface area contributed by atoms with Gasteiger partial charge in [0.25, 0.3) is 12.0 Å². The molecule has 0 saturated carbocycles. The van der Waals surface area contributed by atoms with Gasteiger partial charge in [-0.05, 0) is 11.6 Å². The monoisotopic (exact) mass is 379 g/mol. The van der Waals surface area contributed by atoms with Gasteiger partial charge in [0.15, 0.2) is 4.38 Å². The van der Waals surface area contributed by atoms with Crippen LogP contribution in [0.3, 0.4) is 0 Å². The summed E-state index contributed by atoms with van der Waals surface area (Å²) in [6.45, 7) is 0. The second-order valence-corrected chi connectivity index (χ2v) is 7.24. The first-order chi connectivity index (χ1) is 12.0. The zero-order chi connectivity index (χ0) is 18.0. The van der Waals surface area contributed by atoms with E-state index in [2.05, 4.69) is 15.3 Å². The van der Waals surface area contributed by atoms with Gasteiger partial charge in [-0.2, -0.15) is 15.5 Å². The number of hydrogen-bond donors (Lipinski definition) is 1. The molecule has 1 N–H and O–H groups in total. The fourth-order valence-corrected chi connectivity index (χ4v) is 4.29. The number of hydrogen-bond acceptors (Lipinski definition) is 7. The Morgan fingerprint density at radius 2 is 2.28 bits per heavy atom. The van der Waals surface area contributed by atoms with Crippen LogP contribution in [0.15, 0.2) is 39.2 Å². The van der Waals surface area contributed by atoms with Crippen molar-refractivity contribution < 1.29 is 8.78 Å². The Morgan fingerprint density at radius 1 is 1.48 bits per heavy atom. The molecular weight excluding hydrogens is 368 g/mol. The van der Waals surface area contributed by atoms with Crippen molar-refractivity contribution in [3.63, 3.8) is 0 Å². The van der Waals surface area contributed by atoms with Crippen LogP contribution in [-0.4, -0.2) is 21.6 Å². The van der Waals surface area contributed by atoms with Crippen LogP contribution in [0.2, 0.25) is 0 Å². The highest BCUT2D eigenvalue weighted by Gasteiger charge is 2.21. The number of aromatic amines is 1. The number of thioether (sulfide) groups is 2. The topological polar surface area (TPSA) is 85.1 Å². The van der Waals surface area contributed by atoms with Crippen LogP contribution in [-0.2, 0) is 5.75 Å². The number of benzene rings is 1. The van der Waals surface area contributed by atoms with E-state index >= 15 is 0 Å². The number of alkyl halides is 2. The van der Waals surface area contributed by atoms with E-state index in [1.807, 2.05) is 6.07 Å². The fraction of sp³-hybridized carbons (Fsp3) is 0.200. The molecule has 0 spiro atoms. The van der Waals surface area contributed by atoms with E-state index in [0.29, 0.717) is 26.3 Å². The molecule has 0 aliphatic carbocycles. The number of aromatic nitrogens is 2. The van der Waals surface area contributed by atoms with Crippen LogP contribution in [0.4, 0.5) is 14.5 Å². The molecule has 6 nitrogen and oxygen atoms in total. The predicted molar refractivity (Wildman–Crippen MR) is 94.0 cm³/mol. The maximum absolute atomic E-state index is 12.7. The maximum Gasteiger partial charge on any atom is 0.280 e. The lowest BCUT2D eigenvalue weighted by molar-refractivity contribution is 0.151. The number of halogens is 2. The summed E-state index contributed by atoms with van der Waals surface area (Å²) in [7, 11) is 1.71. The summed E-state index contributed by atoms with van der Waals surface area (Å²) < 4.78 is 26.1. The highest BCUT2D eigenvalue weighted by Crippen LogP contribution is 2.36. The summed E-state index contributed by atoms with van der Waals surface area (Å²) in [5.41, 5.74) is 0.973. The van der Waals surface area contributed by atoms with Crippen LogP contribution in [0.25, 0.3) is 0 Å². The van der Waals surface area contributed by atoms with Crippen molar-refractivity contribution in [3.05, 3.63) is 51.4 Å². The molecule has 128 valence electrons. The highest BCUT2D eigenvalue weighted by molar-refractivity contribution is 8.38. The van der Waals surface area contributed by atoms with Crippen LogP contribution in [0.5, 0.6) is 0 Å². The molecule has 1 aromatic heterocycles. The summed E-state index contributed by atoms with van der Waals surface area (Å²) in [5.74, 6) is 0.379. The number of nitrogens with one attached hydrogen (secondary N) is 1. The minimum atomic E-state index is -2.61. The molecule has 1 aliphatic rings. The summed E-state index contributed by atoms with van der Waals surface area (Å²) in [6.07, 6.45) is -1.09. The molecule has 1 aliphatic heterocycles. The smallest absolute Gasteiger partial charge is 0.267 e. The van der Waals surface area contributed by atoms with Crippen molar-refractivity contribution in [2.24, 2.45) is 5.10 Å². The van der Waals surface area contributed by atoms with Crippen molar-refractivity contribution in [2.75, 3.05) is 12.1 Å². The number of anilines is 1. The molecule has 0 unspecified atom stereocenters. The first kappa shape index (κ1) is 17.4. The quantitative estimate of drug-likeness (QED) is 0.881. The number of fused-ring (bicyclic) bond motifs is 1. The largest absolute Gasteiger partial charge is 0.280 e. The lowest BCUT2D eigenvalue weighted by Crippen LogP contribution is -2.22. The molecule has 25 heavy (non-hydrogen) atoms. The first-order valence-corrected chi connectivity index (χ1v) is 8.81. The number of H-pyrrole nitrogens is 1. The van der Waals surface area contributed by atoms with E-state index in [4.69, 9.17) is 0 Å². The number of nitrogens with zero attached hydrogens (tertiary/aromatic N) is 4. The van der Waals surface area contributed by atoms with Gasteiger partial charge in [0.2, 0.25) is 0 Å². The molecule has 0 amide bonds. The minimum absolute atomic E-state index is 0.178. The number of rotatable bonds is 3. The molecule has 0 atom stereocenters. The maximum atomic E-state index is 12.7. The zero-order valence-corrected chi connectivity index (χ0v) is 14.5. The normalized spacial score (nSPS) is 13.4. The first-order valence-electron chi connectivity index (χ1n) is 7.01. The molecule has 10 heteroatoms. The molecule has 2 heterocycles. The Kier molecular flexibility index (Phi) is 5.06. The Hall–Kier alpha value is -2.38. The van der Waals surface area contributed by atoms with Gasteiger partial charge in [0.05, 0.1) is 23.5 Å². The summed E-state index contributed by atoms with van der Waals surface area (Å²) in [5, 5.41) is 21.2. The molecule has 1 aromatic carbocycles. The van der Waals surface area contributed by atoms with E-state index in [9.17, 15) is 18.8 Å². The van der Waals surface area contributed by atoms with E-state index in [1.54, 1.807) is 12.1 Å². The van der Waals surface area contributed by atoms with Crippen LogP contribution in [0, 0.1) is 11.3 Å². The van der Waals surface area contributed by atoms with Crippen molar-refractivity contribution in [3.8, 4) is 6.07 Å². The number of nitriles is 1. The molecule has 2 aromatic rings. The second kappa shape index (κ2) is 7.25. The lowest BCUT2D eigenvalue weighted by Gasteiger charge is -2.21. The Bertz CT molecular complexity index is 938. The molecule has 3 rings (SSSR count). The second-order valence-electron chi connectivity index (χ2n) is 5.02. The van der Waals surface area contributed by atoms with Gasteiger partial charge < -0.3 is 0 Å². The van der Waals surface area contributed by atoms with E-state index in [-0.39, 0.29) is 16.7 Å². The van der Waals surface area contributed by atoms with Crippen molar-refractivity contribution in [2.45, 2.75) is 17.1 Å². The summed E-state index contributed by atoms with van der Waals surface area (Å²) >= 11 is 2.54. The average Bonchev–Trinajstić information content (AvgIpc) is 2.60. The Labute approximate surface area is 149 Å². The van der Waals surface area contributed by atoms with Gasteiger partial charge in [0.1, 0.15) is 4.90 Å². The number of hydrazone groups is 1. The minimum Gasteiger partial charge on any atom is -0.267 e. The third kappa shape index (κ3) is 3.67. The Balaban J connectivity index is 1.78. The van der Waals surface area contributed by atoms with Gasteiger partial charge in [-0.15, -0.1) is 0 Å². The summed E-state index contributed by atoms with van der Waals surface area (Å²) in [6, 6.07) is 5.99. The van der Waals surface area contributed by atoms with Crippen molar-refractivity contribution in [1.82, 2.24) is 10.2 Å². The van der Waals surface area contributed by atoms with Gasteiger partial charge in [-0.1, -0.05) is 35.7 Å². The molecule has 0 fully saturated rings. The van der Waals surface area contributed by atoms with E-state index < -0.39 is 6.43 Å². The van der Waals surface area contributed by atoms with E-state index in [1.165, 1.54) is 47.9 Å². The van der Waals surface area contributed by atoms with E-state index in [0.717, 1.165) is 0 Å². The summed E-state index contributed by atoms with van der Waals surface area (Å²) in [4.78, 5) is 12.4. The molecule has 0 saturated heterocycles. The third-order valence-electron chi connectivity index (χ3n) is 3.42. The highest BCUT2D eigenvalue weighted by atomic mass is 32.2. The fourth-order valence-electron chi connectivity index (χ4n) is 2.15. The van der Waals surface area contributed by atoms with Gasteiger partial charge in [-0.3, -0.25) is 9.80 Å². The molecular formula is C15H11F2N5OS2. The van der Waals surface area contributed by atoms with Gasteiger partial charge in [0, 0.05) is 18.4 Å². The Morgan fingerprint density at radius 3 is 3.00 bits per heavy atom. The van der Waals surface area contributed by atoms with Gasteiger partial charge in [-0.25, -0.2) is 13.9 Å². The predicted octanol–water partition coefficient (Wildman–Crippen LogP) is 3.33. The molecule has 0 bridgehead atoms. The zero-order valence-electron chi connectivity index (χ0n) is 12.9. The van der Waals surface area contributed by atoms with Crippen molar-refractivity contribution in [1.29, 1.82) is 5.26 Å². The lowest BCUT2D eigenvalue weighted by atomic mass is 10.1. The van der Waals surface area contributed by atoms with Crippen LogP contribution in [0.1, 0.15) is 23.1 Å². The van der Waals surface area contributed by atoms with Crippen LogP contribution >= 0.6 is 23.5 Å². The van der Waals surface area contributed by atoms with Crippen molar-refractivity contribution >= 4 is 33.6 Å². The SMILES string of the molecule is CN1N=C(SCc2ccc(C(F)F)cc2C#N)Sc2c1cn[nH]c2=O. The van der Waals surface area contributed by atoms with Gasteiger partial charge >= 0.3 is 0 Å². The van der Waals surface area contributed by atoms with Crippen LogP contribution < -0.4 is 10.6 Å².